The van der Waals surface area contributed by atoms with Crippen LogP contribution in [0.3, 0.4) is 0 Å². The molecule has 2 rings (SSSR count). The van der Waals surface area contributed by atoms with Crippen molar-refractivity contribution >= 4 is 13.2 Å². The van der Waals surface area contributed by atoms with E-state index in [4.69, 9.17) is 4.74 Å². The lowest BCUT2D eigenvalue weighted by molar-refractivity contribution is 0.0409. The van der Waals surface area contributed by atoms with Crippen LogP contribution in [0.2, 0.25) is 0 Å². The Kier molecular flexibility index (Phi) is 4.77. The van der Waals surface area contributed by atoms with Gasteiger partial charge in [0, 0.05) is 19.6 Å². The van der Waals surface area contributed by atoms with Gasteiger partial charge >= 0.3 is 0 Å². The Labute approximate surface area is 99.4 Å². The predicted molar refractivity (Wildman–Crippen MR) is 71.0 cm³/mol. The predicted octanol–water partition coefficient (Wildman–Crippen LogP) is 1.76. The van der Waals surface area contributed by atoms with Crippen LogP contribution in [0.25, 0.3) is 0 Å². The minimum Gasteiger partial charge on any atom is -0.379 e. The highest BCUT2D eigenvalue weighted by atomic mass is 31.1. The number of ether oxygens (including phenoxy) is 1. The molecule has 3 heteroatoms. The standard InChI is InChI=1S/C13H20NOP/c1-16(13-5-3-2-4-6-13)12-9-14-7-10-15-11-8-14/h2-6H,7-12H2,1H3. The van der Waals surface area contributed by atoms with E-state index in [9.17, 15) is 0 Å². The van der Waals surface area contributed by atoms with Gasteiger partial charge in [-0.25, -0.2) is 0 Å². The van der Waals surface area contributed by atoms with Crippen LogP contribution in [0.4, 0.5) is 0 Å². The van der Waals surface area contributed by atoms with Gasteiger partial charge in [0.25, 0.3) is 0 Å². The molecule has 16 heavy (non-hydrogen) atoms. The van der Waals surface area contributed by atoms with E-state index in [0.29, 0.717) is 0 Å². The molecule has 1 atom stereocenters. The number of hydrogen-bond donors (Lipinski definition) is 0. The molecule has 0 aliphatic carbocycles. The monoisotopic (exact) mass is 237 g/mol. The number of benzene rings is 1. The summed E-state index contributed by atoms with van der Waals surface area (Å²) in [4.78, 5) is 2.52. The first-order valence-electron chi connectivity index (χ1n) is 5.92. The zero-order valence-electron chi connectivity index (χ0n) is 9.93. The van der Waals surface area contributed by atoms with E-state index in [0.717, 1.165) is 26.3 Å². The second kappa shape index (κ2) is 6.34. The Morgan fingerprint density at radius 1 is 1.19 bits per heavy atom. The van der Waals surface area contributed by atoms with Gasteiger partial charge in [-0.15, -0.1) is 0 Å². The largest absolute Gasteiger partial charge is 0.379 e. The Morgan fingerprint density at radius 3 is 2.56 bits per heavy atom. The second-order valence-electron chi connectivity index (χ2n) is 4.21. The topological polar surface area (TPSA) is 12.5 Å². The second-order valence-corrected chi connectivity index (χ2v) is 6.57. The summed E-state index contributed by atoms with van der Waals surface area (Å²) >= 11 is 0. The fourth-order valence-corrected chi connectivity index (χ4v) is 3.45. The van der Waals surface area contributed by atoms with Crippen molar-refractivity contribution in [3.05, 3.63) is 30.3 Å². The van der Waals surface area contributed by atoms with Gasteiger partial charge in [0.05, 0.1) is 13.2 Å². The molecule has 1 aromatic rings. The molecule has 1 aromatic carbocycles. The van der Waals surface area contributed by atoms with Crippen LogP contribution in [-0.2, 0) is 4.74 Å². The zero-order valence-corrected chi connectivity index (χ0v) is 10.8. The highest BCUT2D eigenvalue weighted by Gasteiger charge is 2.11. The fourth-order valence-electron chi connectivity index (χ4n) is 1.93. The van der Waals surface area contributed by atoms with Crippen molar-refractivity contribution in [2.75, 3.05) is 45.7 Å². The molecule has 2 nitrogen and oxygen atoms in total. The number of morpholine rings is 1. The van der Waals surface area contributed by atoms with Crippen LogP contribution >= 0.6 is 7.92 Å². The lowest BCUT2D eigenvalue weighted by atomic mass is 10.4. The summed E-state index contributed by atoms with van der Waals surface area (Å²) in [6.07, 6.45) is 1.30. The van der Waals surface area contributed by atoms with Crippen molar-refractivity contribution in [2.24, 2.45) is 0 Å². The quantitative estimate of drug-likeness (QED) is 0.740. The lowest BCUT2D eigenvalue weighted by Crippen LogP contribution is -2.38. The number of hydrogen-bond acceptors (Lipinski definition) is 2. The van der Waals surface area contributed by atoms with Gasteiger partial charge in [0.1, 0.15) is 0 Å². The molecule has 0 bridgehead atoms. The molecule has 1 saturated heterocycles. The van der Waals surface area contributed by atoms with Crippen molar-refractivity contribution in [3.8, 4) is 0 Å². The molecule has 1 aliphatic heterocycles. The van der Waals surface area contributed by atoms with E-state index in [1.807, 2.05) is 0 Å². The SMILES string of the molecule is CP(CCN1CCOCC1)c1ccccc1. The Hall–Kier alpha value is -0.430. The van der Waals surface area contributed by atoms with Gasteiger partial charge in [0.2, 0.25) is 0 Å². The summed E-state index contributed by atoms with van der Waals surface area (Å²) in [5.74, 6) is 0. The van der Waals surface area contributed by atoms with Crippen LogP contribution in [-0.4, -0.2) is 50.6 Å². The molecule has 1 aliphatic rings. The Balaban J connectivity index is 1.77. The number of nitrogens with zero attached hydrogens (tertiary/aromatic N) is 1. The molecule has 0 amide bonds. The third kappa shape index (κ3) is 3.55. The average molecular weight is 237 g/mol. The van der Waals surface area contributed by atoms with E-state index in [1.54, 1.807) is 0 Å². The molecular formula is C13H20NOP. The van der Waals surface area contributed by atoms with Crippen molar-refractivity contribution < 1.29 is 4.74 Å². The molecule has 1 fully saturated rings. The van der Waals surface area contributed by atoms with Crippen molar-refractivity contribution in [1.82, 2.24) is 4.90 Å². The summed E-state index contributed by atoms with van der Waals surface area (Å²) in [5, 5.41) is 1.52. The molecule has 0 aromatic heterocycles. The molecule has 0 N–H and O–H groups in total. The highest BCUT2D eigenvalue weighted by molar-refractivity contribution is 7.64. The van der Waals surface area contributed by atoms with E-state index >= 15 is 0 Å². The average Bonchev–Trinajstić information content (AvgIpc) is 2.38. The van der Waals surface area contributed by atoms with Gasteiger partial charge in [-0.3, -0.25) is 4.90 Å². The van der Waals surface area contributed by atoms with Crippen molar-refractivity contribution in [2.45, 2.75) is 0 Å². The third-order valence-corrected chi connectivity index (χ3v) is 5.10. The van der Waals surface area contributed by atoms with Crippen molar-refractivity contribution in [1.29, 1.82) is 0 Å². The maximum Gasteiger partial charge on any atom is 0.0594 e. The van der Waals surface area contributed by atoms with Gasteiger partial charge in [-0.1, -0.05) is 38.3 Å². The smallest absolute Gasteiger partial charge is 0.0594 e. The van der Waals surface area contributed by atoms with E-state index < -0.39 is 0 Å². The molecule has 88 valence electrons. The Bertz CT molecular complexity index is 298. The maximum atomic E-state index is 5.35. The van der Waals surface area contributed by atoms with Crippen LogP contribution in [0.15, 0.2) is 30.3 Å². The normalized spacial score (nSPS) is 19.6. The minimum atomic E-state index is 0.0170. The molecule has 1 heterocycles. The molecule has 0 spiro atoms. The van der Waals surface area contributed by atoms with Crippen molar-refractivity contribution in [3.63, 3.8) is 0 Å². The van der Waals surface area contributed by atoms with E-state index in [2.05, 4.69) is 41.9 Å². The summed E-state index contributed by atoms with van der Waals surface area (Å²) in [5.41, 5.74) is 0. The zero-order chi connectivity index (χ0) is 11.2. The molecule has 0 saturated carbocycles. The Morgan fingerprint density at radius 2 is 1.88 bits per heavy atom. The first-order valence-corrected chi connectivity index (χ1v) is 7.90. The first kappa shape index (κ1) is 12.0. The molecular weight excluding hydrogens is 217 g/mol. The summed E-state index contributed by atoms with van der Waals surface area (Å²) < 4.78 is 5.35. The van der Waals surface area contributed by atoms with E-state index in [1.165, 1.54) is 18.0 Å². The molecule has 0 radical (unpaired) electrons. The van der Waals surface area contributed by atoms with Crippen LogP contribution in [0, 0.1) is 0 Å². The number of rotatable bonds is 4. The summed E-state index contributed by atoms with van der Waals surface area (Å²) in [6, 6.07) is 10.9. The van der Waals surface area contributed by atoms with Crippen LogP contribution in [0.1, 0.15) is 0 Å². The van der Waals surface area contributed by atoms with Gasteiger partial charge < -0.3 is 4.74 Å². The lowest BCUT2D eigenvalue weighted by Gasteiger charge is -2.27. The van der Waals surface area contributed by atoms with Gasteiger partial charge in [-0.2, -0.15) is 0 Å². The summed E-state index contributed by atoms with van der Waals surface area (Å²) in [6.45, 7) is 7.64. The van der Waals surface area contributed by atoms with E-state index in [-0.39, 0.29) is 7.92 Å². The maximum absolute atomic E-state index is 5.35. The van der Waals surface area contributed by atoms with Crippen LogP contribution < -0.4 is 5.30 Å². The first-order chi connectivity index (χ1) is 7.86. The van der Waals surface area contributed by atoms with Gasteiger partial charge in [0.15, 0.2) is 0 Å². The highest BCUT2D eigenvalue weighted by Crippen LogP contribution is 2.28. The minimum absolute atomic E-state index is 0.0170. The summed E-state index contributed by atoms with van der Waals surface area (Å²) in [7, 11) is 0.0170. The van der Waals surface area contributed by atoms with Gasteiger partial charge in [-0.05, 0) is 18.1 Å². The third-order valence-electron chi connectivity index (χ3n) is 3.05. The molecule has 1 unspecified atom stereocenters. The fraction of sp³-hybridized carbons (Fsp3) is 0.538. The van der Waals surface area contributed by atoms with Crippen LogP contribution in [0.5, 0.6) is 0 Å².